The van der Waals surface area contributed by atoms with Gasteiger partial charge in [0, 0.05) is 26.4 Å². The number of aromatic nitrogens is 3. The second kappa shape index (κ2) is 14.6. The highest BCUT2D eigenvalue weighted by Crippen LogP contribution is 2.35. The predicted molar refractivity (Wildman–Crippen MR) is 173 cm³/mol. The van der Waals surface area contributed by atoms with E-state index >= 15 is 0 Å². The van der Waals surface area contributed by atoms with Gasteiger partial charge in [-0.15, -0.1) is 0 Å². The molecule has 252 valence electrons. The molecule has 2 heterocycles. The molecular formula is C33H41FN6O7. The lowest BCUT2D eigenvalue weighted by Crippen LogP contribution is -2.44. The number of halogens is 1. The third kappa shape index (κ3) is 9.27. The highest BCUT2D eigenvalue weighted by molar-refractivity contribution is 5.96. The third-order valence-electron chi connectivity index (χ3n) is 7.36. The first-order valence-corrected chi connectivity index (χ1v) is 15.3. The number of nitrogens with one attached hydrogen (secondary N) is 2. The first-order chi connectivity index (χ1) is 22.2. The number of allylic oxidation sites excluding steroid dienone is 1. The first kappa shape index (κ1) is 34.9. The molecule has 0 aliphatic heterocycles. The van der Waals surface area contributed by atoms with Crippen LogP contribution in [0.15, 0.2) is 47.4 Å². The number of carbonyl (C=O) groups excluding carboxylic acids is 4. The summed E-state index contributed by atoms with van der Waals surface area (Å²) in [6.45, 7) is 4.93. The molecule has 1 aliphatic carbocycles. The summed E-state index contributed by atoms with van der Waals surface area (Å²) in [5.74, 6) is -0.861. The van der Waals surface area contributed by atoms with Gasteiger partial charge in [-0.3, -0.25) is 14.4 Å². The van der Waals surface area contributed by atoms with Gasteiger partial charge in [-0.2, -0.15) is 0 Å². The second-order valence-corrected chi connectivity index (χ2v) is 12.7. The number of fused-ring (bicyclic) bond motifs is 1. The summed E-state index contributed by atoms with van der Waals surface area (Å²) in [6.07, 6.45) is 5.86. The number of nitrogens with zero attached hydrogens (tertiary/aromatic N) is 4. The number of anilines is 1. The summed E-state index contributed by atoms with van der Waals surface area (Å²) in [7, 11) is 4.37. The summed E-state index contributed by atoms with van der Waals surface area (Å²) < 4.78 is 27.5. The Balaban J connectivity index is 1.63. The lowest BCUT2D eigenvalue weighted by Gasteiger charge is -2.20. The van der Waals surface area contributed by atoms with E-state index < -0.39 is 41.1 Å². The van der Waals surface area contributed by atoms with Crippen LogP contribution in [0.2, 0.25) is 0 Å². The van der Waals surface area contributed by atoms with Crippen molar-refractivity contribution in [3.05, 3.63) is 70.2 Å². The number of rotatable bonds is 11. The number of hydrogen-bond donors (Lipinski definition) is 2. The normalized spacial score (nSPS) is 13.8. The second-order valence-electron chi connectivity index (χ2n) is 12.7. The monoisotopic (exact) mass is 652 g/mol. The Kier molecular flexibility index (Phi) is 10.8. The van der Waals surface area contributed by atoms with Gasteiger partial charge in [0.15, 0.2) is 0 Å². The Bertz CT molecular complexity index is 1750. The highest BCUT2D eigenvalue weighted by atomic mass is 19.1. The maximum absolute atomic E-state index is 14.8. The zero-order chi connectivity index (χ0) is 34.5. The van der Waals surface area contributed by atoms with E-state index in [0.29, 0.717) is 23.4 Å². The molecule has 1 aliphatic rings. The Hall–Kier alpha value is -5.01. The molecule has 0 saturated heterocycles. The molecule has 1 atom stereocenters. The highest BCUT2D eigenvalue weighted by Gasteiger charge is 2.28. The zero-order valence-corrected chi connectivity index (χ0v) is 27.5. The van der Waals surface area contributed by atoms with Crippen molar-refractivity contribution in [2.45, 2.75) is 71.1 Å². The van der Waals surface area contributed by atoms with Crippen molar-refractivity contribution in [3.8, 4) is 0 Å². The number of benzene rings is 1. The van der Waals surface area contributed by atoms with Crippen molar-refractivity contribution in [3.63, 3.8) is 0 Å². The maximum atomic E-state index is 14.8. The Morgan fingerprint density at radius 2 is 1.91 bits per heavy atom. The molecule has 0 spiro atoms. The SMILES string of the molecule is COC(=O)NC(CC/C=C/C(=O)N(C)C)C(=O)Nc1cccn(Cc2nc3c(CC4CC4)cc(F)cc3n2C(=O)OC(C)(C)C)c1=O. The summed E-state index contributed by atoms with van der Waals surface area (Å²) in [4.78, 5) is 70.1. The molecule has 3 amide bonds. The fraction of sp³-hybridized carbons (Fsp3) is 0.455. The molecule has 0 bridgehead atoms. The van der Waals surface area contributed by atoms with Crippen LogP contribution < -0.4 is 16.2 Å². The quantitative estimate of drug-likeness (QED) is 0.292. The minimum Gasteiger partial charge on any atom is -0.453 e. The number of amides is 3. The Labute approximate surface area is 271 Å². The molecule has 13 nitrogen and oxygen atoms in total. The molecule has 3 aromatic rings. The van der Waals surface area contributed by atoms with Crippen molar-refractivity contribution in [2.24, 2.45) is 5.92 Å². The lowest BCUT2D eigenvalue weighted by molar-refractivity contribution is -0.123. The van der Waals surface area contributed by atoms with E-state index in [9.17, 15) is 28.4 Å². The number of pyridine rings is 1. The van der Waals surface area contributed by atoms with Crippen molar-refractivity contribution in [1.82, 2.24) is 24.3 Å². The van der Waals surface area contributed by atoms with E-state index in [4.69, 9.17) is 9.72 Å². The number of carbonyl (C=O) groups is 4. The van der Waals surface area contributed by atoms with Crippen LogP contribution in [0.5, 0.6) is 0 Å². The minimum atomic E-state index is -1.09. The van der Waals surface area contributed by atoms with Crippen molar-refractivity contribution in [1.29, 1.82) is 0 Å². The van der Waals surface area contributed by atoms with E-state index in [0.717, 1.165) is 20.0 Å². The van der Waals surface area contributed by atoms with E-state index in [-0.39, 0.29) is 42.3 Å². The zero-order valence-electron chi connectivity index (χ0n) is 27.5. The number of ether oxygens (including phenoxy) is 2. The average Bonchev–Trinajstić information content (AvgIpc) is 3.73. The third-order valence-corrected chi connectivity index (χ3v) is 7.36. The van der Waals surface area contributed by atoms with Gasteiger partial charge in [-0.25, -0.2) is 23.5 Å². The summed E-state index contributed by atoms with van der Waals surface area (Å²) in [5, 5.41) is 5.01. The van der Waals surface area contributed by atoms with E-state index in [1.54, 1.807) is 40.9 Å². The molecule has 1 aromatic carbocycles. The maximum Gasteiger partial charge on any atom is 0.420 e. The number of alkyl carbamates (subject to hydrolysis) is 1. The van der Waals surface area contributed by atoms with Gasteiger partial charge in [0.05, 0.1) is 24.7 Å². The topological polar surface area (TPSA) is 154 Å². The van der Waals surface area contributed by atoms with Crippen LogP contribution in [0.1, 0.15) is 57.8 Å². The molecule has 2 N–H and O–H groups in total. The van der Waals surface area contributed by atoms with Gasteiger partial charge in [0.25, 0.3) is 5.56 Å². The minimum absolute atomic E-state index is 0.0899. The van der Waals surface area contributed by atoms with Gasteiger partial charge >= 0.3 is 12.2 Å². The fourth-order valence-corrected chi connectivity index (χ4v) is 4.86. The average molecular weight is 653 g/mol. The van der Waals surface area contributed by atoms with Crippen LogP contribution in [0, 0.1) is 11.7 Å². The summed E-state index contributed by atoms with van der Waals surface area (Å²) in [6, 6.07) is 4.50. The van der Waals surface area contributed by atoms with E-state index in [1.807, 2.05) is 0 Å². The molecule has 14 heteroatoms. The molecular weight excluding hydrogens is 611 g/mol. The first-order valence-electron chi connectivity index (χ1n) is 15.3. The standard InChI is InChI=1S/C33H41FN6O7/c1-33(2,3)47-32(45)40-25-18-22(34)17-21(16-20-13-14-20)28(25)37-26(40)19-39-15-9-11-24(30(39)43)35-29(42)23(36-31(44)46-6)10-7-8-12-27(41)38(4)5/h8-9,11-12,15,17-18,20,23H,7,10,13-14,16,19H2,1-6H3,(H,35,42)(H,36,44)/b12-8+. The van der Waals surface area contributed by atoms with E-state index in [2.05, 4.69) is 15.4 Å². The van der Waals surface area contributed by atoms with Crippen molar-refractivity contribution < 1.29 is 33.0 Å². The van der Waals surface area contributed by atoms with Gasteiger partial charge in [-0.05, 0) is 88.6 Å². The van der Waals surface area contributed by atoms with Crippen molar-refractivity contribution >= 4 is 40.7 Å². The Morgan fingerprint density at radius 3 is 2.55 bits per heavy atom. The molecule has 1 saturated carbocycles. The van der Waals surface area contributed by atoms with Gasteiger partial charge in [0.1, 0.15) is 29.0 Å². The number of likely N-dealkylation sites (N-methyl/N-ethyl adjacent to an activating group) is 1. The van der Waals surface area contributed by atoms with Crippen molar-refractivity contribution in [2.75, 3.05) is 26.5 Å². The molecule has 4 rings (SSSR count). The van der Waals surface area contributed by atoms with Crippen LogP contribution in [0.4, 0.5) is 19.7 Å². The van der Waals surface area contributed by atoms with Gasteiger partial charge in [0.2, 0.25) is 11.8 Å². The fourth-order valence-electron chi connectivity index (χ4n) is 4.86. The summed E-state index contributed by atoms with van der Waals surface area (Å²) >= 11 is 0. The predicted octanol–water partition coefficient (Wildman–Crippen LogP) is 4.21. The van der Waals surface area contributed by atoms with Gasteiger partial charge in [-0.1, -0.05) is 6.08 Å². The number of methoxy groups -OCH3 is 1. The lowest BCUT2D eigenvalue weighted by atomic mass is 10.1. The van der Waals surface area contributed by atoms with Crippen LogP contribution in [0.25, 0.3) is 11.0 Å². The van der Waals surface area contributed by atoms with Gasteiger partial charge < -0.3 is 29.6 Å². The molecule has 1 unspecified atom stereocenters. The van der Waals surface area contributed by atoms with Crippen LogP contribution in [-0.2, 0) is 32.0 Å². The smallest absolute Gasteiger partial charge is 0.420 e. The number of imidazole rings is 1. The largest absolute Gasteiger partial charge is 0.453 e. The van der Waals surface area contributed by atoms with Crippen LogP contribution in [0.3, 0.4) is 0 Å². The Morgan fingerprint density at radius 1 is 1.19 bits per heavy atom. The van der Waals surface area contributed by atoms with E-state index in [1.165, 1.54) is 50.6 Å². The summed E-state index contributed by atoms with van der Waals surface area (Å²) in [5.41, 5.74) is -0.198. The number of hydrogen-bond acceptors (Lipinski definition) is 8. The van der Waals surface area contributed by atoms with Crippen LogP contribution >= 0.6 is 0 Å². The molecule has 47 heavy (non-hydrogen) atoms. The molecule has 1 fully saturated rings. The van der Waals surface area contributed by atoms with Crippen LogP contribution in [-0.4, -0.2) is 75.9 Å². The molecule has 2 aromatic heterocycles. The molecule has 0 radical (unpaired) electrons.